The second-order valence-corrected chi connectivity index (χ2v) is 4.49. The summed E-state index contributed by atoms with van der Waals surface area (Å²) < 4.78 is 5.67. The Morgan fingerprint density at radius 1 is 1.59 bits per heavy atom. The van der Waals surface area contributed by atoms with E-state index in [-0.39, 0.29) is 6.10 Å². The number of hydrogen-bond acceptors (Lipinski definition) is 5. The molecule has 1 atom stereocenters. The van der Waals surface area contributed by atoms with Crippen LogP contribution in [0.4, 0.5) is 0 Å². The molecule has 1 aliphatic rings. The van der Waals surface area contributed by atoms with Gasteiger partial charge in [-0.3, -0.25) is 4.90 Å². The van der Waals surface area contributed by atoms with E-state index in [9.17, 15) is 0 Å². The zero-order chi connectivity index (χ0) is 12.1. The number of rotatable bonds is 4. The fourth-order valence-electron chi connectivity index (χ4n) is 2.02. The molecule has 0 radical (unpaired) electrons. The third-order valence-electron chi connectivity index (χ3n) is 2.79. The summed E-state index contributed by atoms with van der Waals surface area (Å²) >= 11 is 0. The second-order valence-electron chi connectivity index (χ2n) is 4.49. The molecule has 2 rings (SSSR count). The first-order chi connectivity index (χ1) is 8.24. The molecule has 1 N–H and O–H groups in total. The van der Waals surface area contributed by atoms with Gasteiger partial charge in [-0.15, -0.1) is 0 Å². The number of ether oxygens (including phenoxy) is 1. The Labute approximate surface area is 102 Å². The van der Waals surface area contributed by atoms with Gasteiger partial charge in [-0.2, -0.15) is 0 Å². The third kappa shape index (κ3) is 4.03. The fourth-order valence-corrected chi connectivity index (χ4v) is 2.02. The van der Waals surface area contributed by atoms with E-state index in [0.29, 0.717) is 0 Å². The molecule has 0 aliphatic carbocycles. The minimum atomic E-state index is 0.289. The van der Waals surface area contributed by atoms with Crippen molar-refractivity contribution in [2.45, 2.75) is 19.6 Å². The van der Waals surface area contributed by atoms with E-state index in [4.69, 9.17) is 4.74 Å². The Bertz CT molecular complexity index is 352. The van der Waals surface area contributed by atoms with E-state index >= 15 is 0 Å². The predicted octanol–water partition coefficient (Wildman–Crippen LogP) is 0.205. The Hall–Kier alpha value is -1.04. The monoisotopic (exact) mass is 236 g/mol. The van der Waals surface area contributed by atoms with Crippen LogP contribution in [0.2, 0.25) is 0 Å². The summed E-state index contributed by atoms with van der Waals surface area (Å²) in [7, 11) is 2.09. The average Bonchev–Trinajstić information content (AvgIpc) is 2.30. The van der Waals surface area contributed by atoms with Gasteiger partial charge in [-0.1, -0.05) is 0 Å². The van der Waals surface area contributed by atoms with Gasteiger partial charge in [0.15, 0.2) is 0 Å². The molecule has 5 nitrogen and oxygen atoms in total. The van der Waals surface area contributed by atoms with E-state index in [2.05, 4.69) is 27.2 Å². The topological polar surface area (TPSA) is 50.3 Å². The molecular formula is C12H20N4O. The lowest BCUT2D eigenvalue weighted by Crippen LogP contribution is -2.44. The van der Waals surface area contributed by atoms with Gasteiger partial charge in [0.05, 0.1) is 18.4 Å². The summed E-state index contributed by atoms with van der Waals surface area (Å²) in [5.41, 5.74) is 1.06. The van der Waals surface area contributed by atoms with Crippen LogP contribution in [-0.2, 0) is 11.3 Å². The highest BCUT2D eigenvalue weighted by molar-refractivity contribution is 5.01. The molecule has 2 heterocycles. The normalized spacial score (nSPS) is 20.8. The van der Waals surface area contributed by atoms with Crippen LogP contribution in [0.1, 0.15) is 11.5 Å². The minimum Gasteiger partial charge on any atom is -0.374 e. The molecule has 0 aromatic carbocycles. The Kier molecular flexibility index (Phi) is 4.42. The van der Waals surface area contributed by atoms with Crippen LogP contribution in [0, 0.1) is 6.92 Å². The van der Waals surface area contributed by atoms with E-state index in [1.807, 2.05) is 19.2 Å². The van der Waals surface area contributed by atoms with Crippen LogP contribution in [-0.4, -0.2) is 54.3 Å². The maximum absolute atomic E-state index is 5.67. The van der Waals surface area contributed by atoms with Crippen LogP contribution in [0.3, 0.4) is 0 Å². The Morgan fingerprint density at radius 3 is 3.18 bits per heavy atom. The lowest BCUT2D eigenvalue weighted by Gasteiger charge is -2.27. The third-order valence-corrected chi connectivity index (χ3v) is 2.79. The first kappa shape index (κ1) is 12.4. The summed E-state index contributed by atoms with van der Waals surface area (Å²) in [4.78, 5) is 10.7. The molecule has 1 aromatic rings. The highest BCUT2D eigenvalue weighted by Gasteiger charge is 2.15. The van der Waals surface area contributed by atoms with Gasteiger partial charge in [0, 0.05) is 32.4 Å². The van der Waals surface area contributed by atoms with Crippen molar-refractivity contribution in [1.82, 2.24) is 20.2 Å². The van der Waals surface area contributed by atoms with E-state index < -0.39 is 0 Å². The summed E-state index contributed by atoms with van der Waals surface area (Å²) in [6.45, 7) is 6.39. The van der Waals surface area contributed by atoms with Crippen molar-refractivity contribution in [3.05, 3.63) is 23.8 Å². The van der Waals surface area contributed by atoms with Crippen LogP contribution in [0.15, 0.2) is 12.3 Å². The number of aromatic nitrogens is 2. The van der Waals surface area contributed by atoms with Crippen molar-refractivity contribution in [2.75, 3.05) is 33.3 Å². The molecule has 1 unspecified atom stereocenters. The van der Waals surface area contributed by atoms with Crippen molar-refractivity contribution in [3.63, 3.8) is 0 Å². The quantitative estimate of drug-likeness (QED) is 0.809. The summed E-state index contributed by atoms with van der Waals surface area (Å²) in [6, 6.07) is 1.96. The van der Waals surface area contributed by atoms with Crippen molar-refractivity contribution >= 4 is 0 Å². The molecule has 1 fully saturated rings. The average molecular weight is 236 g/mol. The van der Waals surface area contributed by atoms with Crippen molar-refractivity contribution in [2.24, 2.45) is 0 Å². The van der Waals surface area contributed by atoms with Gasteiger partial charge in [0.25, 0.3) is 0 Å². The van der Waals surface area contributed by atoms with Crippen LogP contribution < -0.4 is 5.32 Å². The standard InChI is InChI=1S/C12H20N4O/c1-10-14-4-3-11(15-10)8-16(2)9-12-7-13-5-6-17-12/h3-4,12-13H,5-9H2,1-2H3. The predicted molar refractivity (Wildman–Crippen MR) is 65.7 cm³/mol. The summed E-state index contributed by atoms with van der Waals surface area (Å²) in [5, 5.41) is 3.34. The first-order valence-corrected chi connectivity index (χ1v) is 6.03. The lowest BCUT2D eigenvalue weighted by molar-refractivity contribution is 0.00867. The van der Waals surface area contributed by atoms with E-state index in [0.717, 1.165) is 44.3 Å². The van der Waals surface area contributed by atoms with Crippen LogP contribution in [0.25, 0.3) is 0 Å². The number of hydrogen-bond donors (Lipinski definition) is 1. The number of likely N-dealkylation sites (N-methyl/N-ethyl adjacent to an activating group) is 1. The largest absolute Gasteiger partial charge is 0.374 e. The van der Waals surface area contributed by atoms with E-state index in [1.165, 1.54) is 0 Å². The van der Waals surface area contributed by atoms with Gasteiger partial charge in [0.1, 0.15) is 5.82 Å². The molecule has 0 saturated carbocycles. The molecule has 94 valence electrons. The van der Waals surface area contributed by atoms with Gasteiger partial charge >= 0.3 is 0 Å². The maximum Gasteiger partial charge on any atom is 0.125 e. The highest BCUT2D eigenvalue weighted by atomic mass is 16.5. The van der Waals surface area contributed by atoms with Gasteiger partial charge < -0.3 is 10.1 Å². The van der Waals surface area contributed by atoms with Gasteiger partial charge in [-0.25, -0.2) is 9.97 Å². The molecular weight excluding hydrogens is 216 g/mol. The van der Waals surface area contributed by atoms with Gasteiger partial charge in [0.2, 0.25) is 0 Å². The number of morpholine rings is 1. The van der Waals surface area contributed by atoms with Crippen LogP contribution >= 0.6 is 0 Å². The Balaban J connectivity index is 1.82. The SMILES string of the molecule is Cc1nccc(CN(C)CC2CNCCO2)n1. The molecule has 5 heteroatoms. The maximum atomic E-state index is 5.67. The zero-order valence-electron chi connectivity index (χ0n) is 10.5. The molecule has 0 spiro atoms. The number of aryl methyl sites for hydroxylation is 1. The van der Waals surface area contributed by atoms with Crippen LogP contribution in [0.5, 0.6) is 0 Å². The smallest absolute Gasteiger partial charge is 0.125 e. The minimum absolute atomic E-state index is 0.289. The summed E-state index contributed by atoms with van der Waals surface area (Å²) in [5.74, 6) is 0.825. The number of nitrogens with zero attached hydrogens (tertiary/aromatic N) is 3. The van der Waals surface area contributed by atoms with E-state index in [1.54, 1.807) is 0 Å². The molecule has 0 amide bonds. The second kappa shape index (κ2) is 6.05. The lowest BCUT2D eigenvalue weighted by atomic mass is 10.2. The van der Waals surface area contributed by atoms with Crippen molar-refractivity contribution in [1.29, 1.82) is 0 Å². The van der Waals surface area contributed by atoms with Crippen molar-refractivity contribution < 1.29 is 4.74 Å². The molecule has 1 aromatic heterocycles. The number of nitrogens with one attached hydrogen (secondary N) is 1. The molecule has 1 saturated heterocycles. The fraction of sp³-hybridized carbons (Fsp3) is 0.667. The zero-order valence-corrected chi connectivity index (χ0v) is 10.5. The summed E-state index contributed by atoms with van der Waals surface area (Å²) in [6.07, 6.45) is 2.10. The highest BCUT2D eigenvalue weighted by Crippen LogP contribution is 2.03. The molecule has 17 heavy (non-hydrogen) atoms. The Morgan fingerprint density at radius 2 is 2.47 bits per heavy atom. The molecule has 0 bridgehead atoms. The first-order valence-electron chi connectivity index (χ1n) is 6.03. The van der Waals surface area contributed by atoms with Crippen molar-refractivity contribution in [3.8, 4) is 0 Å². The molecule has 1 aliphatic heterocycles. The van der Waals surface area contributed by atoms with Gasteiger partial charge in [-0.05, 0) is 20.0 Å².